The van der Waals surface area contributed by atoms with Crippen LogP contribution in [0.25, 0.3) is 0 Å². The maximum absolute atomic E-state index is 11.7. The molecule has 0 aliphatic carbocycles. The number of urea groups is 1. The minimum absolute atomic E-state index is 0.182. The summed E-state index contributed by atoms with van der Waals surface area (Å²) in [7, 11) is 1.34. The summed E-state index contributed by atoms with van der Waals surface area (Å²) in [4.78, 5) is 35.7. The van der Waals surface area contributed by atoms with E-state index in [4.69, 9.17) is 16.3 Å². The molecule has 0 atom stereocenters. The van der Waals surface area contributed by atoms with Gasteiger partial charge in [-0.2, -0.15) is 0 Å². The molecule has 0 aliphatic heterocycles. The maximum Gasteiger partial charge on any atom is 0.330 e. The second-order valence-electron chi connectivity index (χ2n) is 4.19. The number of carbonyl (C=O) groups is 3. The molecule has 1 N–H and O–H groups in total. The van der Waals surface area contributed by atoms with E-state index in [2.05, 4.69) is 5.32 Å². The first kappa shape index (κ1) is 17.0. The Morgan fingerprint density at radius 2 is 1.90 bits per heavy atom. The highest BCUT2D eigenvalue weighted by Gasteiger charge is 2.17. The van der Waals surface area contributed by atoms with E-state index >= 15 is 0 Å². The number of nitrogens with zero attached hydrogens (tertiary/aromatic N) is 1. The van der Waals surface area contributed by atoms with E-state index in [0.717, 1.165) is 4.90 Å². The molecule has 114 valence electrons. The molecule has 1 aromatic carbocycles. The molecule has 3 amide bonds. The average molecular weight is 313 g/mol. The quantitative estimate of drug-likeness (QED) is 0.493. The van der Waals surface area contributed by atoms with Crippen molar-refractivity contribution in [2.75, 3.05) is 19.5 Å². The number of halogens is 1. The Morgan fingerprint density at radius 3 is 2.52 bits per heavy atom. The number of para-hydroxylation sites is 1. The van der Waals surface area contributed by atoms with Gasteiger partial charge in [-0.05, 0) is 18.6 Å². The van der Waals surface area contributed by atoms with Gasteiger partial charge in [0.2, 0.25) is 5.91 Å². The second kappa shape index (κ2) is 8.97. The zero-order chi connectivity index (χ0) is 15.7. The van der Waals surface area contributed by atoms with Crippen LogP contribution in [0.15, 0.2) is 30.3 Å². The number of carbonyl (C=O) groups excluding carboxylic acids is 3. The van der Waals surface area contributed by atoms with E-state index < -0.39 is 12.0 Å². The van der Waals surface area contributed by atoms with Crippen molar-refractivity contribution in [2.45, 2.75) is 12.8 Å². The Kier molecular flexibility index (Phi) is 7.25. The summed E-state index contributed by atoms with van der Waals surface area (Å²) in [5, 5.41) is 2.32. The Morgan fingerprint density at radius 1 is 1.24 bits per heavy atom. The number of hydrogen-bond acceptors (Lipinski definition) is 4. The summed E-state index contributed by atoms with van der Waals surface area (Å²) in [6.07, 6.45) is 0.677. The van der Waals surface area contributed by atoms with Crippen LogP contribution >= 0.6 is 11.6 Å². The fourth-order valence-electron chi connectivity index (χ4n) is 1.42. The summed E-state index contributed by atoms with van der Waals surface area (Å²) >= 11 is 5.48. The summed E-state index contributed by atoms with van der Waals surface area (Å²) in [5.74, 6) is -0.228. The molecule has 1 rings (SSSR count). The highest BCUT2D eigenvalue weighted by Crippen LogP contribution is 2.08. The summed E-state index contributed by atoms with van der Waals surface area (Å²) < 4.78 is 5.00. The van der Waals surface area contributed by atoms with E-state index in [9.17, 15) is 14.4 Å². The number of imide groups is 1. The van der Waals surface area contributed by atoms with Crippen molar-refractivity contribution >= 4 is 29.5 Å². The molecule has 1 aromatic rings. The van der Waals surface area contributed by atoms with Crippen molar-refractivity contribution < 1.29 is 19.1 Å². The molecule has 7 heteroatoms. The first-order valence-corrected chi connectivity index (χ1v) is 6.94. The highest BCUT2D eigenvalue weighted by molar-refractivity contribution is 6.18. The molecule has 6 nitrogen and oxygen atoms in total. The maximum atomic E-state index is 11.7. The van der Waals surface area contributed by atoms with Gasteiger partial charge in [0.05, 0.1) is 0 Å². The third kappa shape index (κ3) is 6.27. The third-order valence-electron chi connectivity index (χ3n) is 2.56. The molecule has 0 spiro atoms. The van der Waals surface area contributed by atoms with Crippen LogP contribution in [0.4, 0.5) is 4.79 Å². The lowest BCUT2D eigenvalue weighted by atomic mass is 10.3. The highest BCUT2D eigenvalue weighted by atomic mass is 35.5. The normalized spacial score (nSPS) is 9.81. The minimum Gasteiger partial charge on any atom is -0.425 e. The molecule has 0 saturated carbocycles. The molecule has 0 bridgehead atoms. The fraction of sp³-hybridized carbons (Fsp3) is 0.357. The lowest BCUT2D eigenvalue weighted by Crippen LogP contribution is -2.43. The summed E-state index contributed by atoms with van der Waals surface area (Å²) in [5.41, 5.74) is 0. The Labute approximate surface area is 128 Å². The number of rotatable bonds is 6. The van der Waals surface area contributed by atoms with Crippen molar-refractivity contribution in [1.82, 2.24) is 10.2 Å². The monoisotopic (exact) mass is 312 g/mol. The van der Waals surface area contributed by atoms with E-state index in [1.54, 1.807) is 30.3 Å². The van der Waals surface area contributed by atoms with E-state index in [1.807, 2.05) is 0 Å². The zero-order valence-electron chi connectivity index (χ0n) is 11.7. The van der Waals surface area contributed by atoms with Crippen molar-refractivity contribution in [3.05, 3.63) is 30.3 Å². The smallest absolute Gasteiger partial charge is 0.330 e. The fourth-order valence-corrected chi connectivity index (χ4v) is 1.56. The third-order valence-corrected chi connectivity index (χ3v) is 2.83. The number of amides is 3. The Bertz CT molecular complexity index is 493. The molecule has 0 fully saturated rings. The lowest BCUT2D eigenvalue weighted by molar-refractivity contribution is -0.133. The number of hydrogen-bond donors (Lipinski definition) is 1. The van der Waals surface area contributed by atoms with Crippen LogP contribution in [-0.2, 0) is 9.59 Å². The van der Waals surface area contributed by atoms with Gasteiger partial charge in [-0.25, -0.2) is 9.59 Å². The van der Waals surface area contributed by atoms with Gasteiger partial charge in [0, 0.05) is 19.3 Å². The number of alkyl halides is 1. The standard InChI is InChI=1S/C14H17ClN2O4/c1-17(12(18)8-5-9-15)14(20)16-10-13(19)21-11-6-3-2-4-7-11/h2-4,6-7H,5,8-10H2,1H3,(H,16,20). The van der Waals surface area contributed by atoms with Crippen LogP contribution in [0.5, 0.6) is 5.75 Å². The predicted molar refractivity (Wildman–Crippen MR) is 78.2 cm³/mol. The van der Waals surface area contributed by atoms with Crippen LogP contribution in [0.1, 0.15) is 12.8 Å². The predicted octanol–water partition coefficient (Wildman–Crippen LogP) is 1.78. The molecule has 0 radical (unpaired) electrons. The van der Waals surface area contributed by atoms with Gasteiger partial charge in [0.1, 0.15) is 12.3 Å². The first-order valence-electron chi connectivity index (χ1n) is 6.40. The number of benzene rings is 1. The van der Waals surface area contributed by atoms with Crippen LogP contribution in [0, 0.1) is 0 Å². The topological polar surface area (TPSA) is 75.7 Å². The average Bonchev–Trinajstić information content (AvgIpc) is 2.50. The lowest BCUT2D eigenvalue weighted by Gasteiger charge is -2.15. The largest absolute Gasteiger partial charge is 0.425 e. The molecule has 0 saturated heterocycles. The molecule has 0 unspecified atom stereocenters. The number of nitrogens with one attached hydrogen (secondary N) is 1. The van der Waals surface area contributed by atoms with Crippen LogP contribution in [-0.4, -0.2) is 42.3 Å². The molecular formula is C14H17ClN2O4. The van der Waals surface area contributed by atoms with Crippen LogP contribution < -0.4 is 10.1 Å². The van der Waals surface area contributed by atoms with E-state index in [-0.39, 0.29) is 18.9 Å². The van der Waals surface area contributed by atoms with E-state index in [0.29, 0.717) is 18.1 Å². The molecule has 21 heavy (non-hydrogen) atoms. The van der Waals surface area contributed by atoms with Gasteiger partial charge >= 0.3 is 12.0 Å². The SMILES string of the molecule is CN(C(=O)CCCCl)C(=O)NCC(=O)Oc1ccccc1. The summed E-state index contributed by atoms with van der Waals surface area (Å²) in [6.45, 7) is -0.319. The van der Waals surface area contributed by atoms with Gasteiger partial charge in [-0.15, -0.1) is 11.6 Å². The Balaban J connectivity index is 2.35. The molecule has 0 aliphatic rings. The van der Waals surface area contributed by atoms with Gasteiger partial charge < -0.3 is 10.1 Å². The van der Waals surface area contributed by atoms with E-state index in [1.165, 1.54) is 7.05 Å². The van der Waals surface area contributed by atoms with Crippen molar-refractivity contribution in [3.8, 4) is 5.75 Å². The Hall–Kier alpha value is -2.08. The second-order valence-corrected chi connectivity index (χ2v) is 4.57. The van der Waals surface area contributed by atoms with Crippen molar-refractivity contribution in [1.29, 1.82) is 0 Å². The molecule has 0 heterocycles. The van der Waals surface area contributed by atoms with Gasteiger partial charge in [0.25, 0.3) is 0 Å². The van der Waals surface area contributed by atoms with Crippen LogP contribution in [0.3, 0.4) is 0 Å². The van der Waals surface area contributed by atoms with Crippen molar-refractivity contribution in [2.24, 2.45) is 0 Å². The van der Waals surface area contributed by atoms with Crippen molar-refractivity contribution in [3.63, 3.8) is 0 Å². The van der Waals surface area contributed by atoms with Gasteiger partial charge in [0.15, 0.2) is 0 Å². The van der Waals surface area contributed by atoms with Gasteiger partial charge in [-0.3, -0.25) is 9.69 Å². The van der Waals surface area contributed by atoms with Crippen LogP contribution in [0.2, 0.25) is 0 Å². The zero-order valence-corrected chi connectivity index (χ0v) is 12.4. The number of esters is 1. The number of ether oxygens (including phenoxy) is 1. The summed E-state index contributed by atoms with van der Waals surface area (Å²) in [6, 6.07) is 7.85. The molecule has 0 aromatic heterocycles. The van der Waals surface area contributed by atoms with Gasteiger partial charge in [-0.1, -0.05) is 18.2 Å². The molecular weight excluding hydrogens is 296 g/mol. The first-order chi connectivity index (χ1) is 10.0. The minimum atomic E-state index is -0.653.